The van der Waals surface area contributed by atoms with E-state index in [4.69, 9.17) is 34.4 Å². The highest BCUT2D eigenvalue weighted by molar-refractivity contribution is 7.80. The predicted octanol–water partition coefficient (Wildman–Crippen LogP) is -5.21. The van der Waals surface area contributed by atoms with E-state index in [1.807, 2.05) is 0 Å². The minimum Gasteiger partial charge on any atom is -0.508 e. The minimum absolute atomic E-state index is 0.0737. The molecule has 34 nitrogen and oxygen atoms in total. The smallest absolute Gasteiger partial charge is 0.245 e. The van der Waals surface area contributed by atoms with E-state index >= 15 is 4.79 Å². The molecule has 17 atom stereocenters. The zero-order valence-electron chi connectivity index (χ0n) is 59.3. The van der Waals surface area contributed by atoms with E-state index in [1.54, 1.807) is 60.8 Å². The first-order valence-corrected chi connectivity index (χ1v) is 35.5. The van der Waals surface area contributed by atoms with E-state index in [2.05, 4.69) is 88.7 Å². The Hall–Kier alpha value is -9.92. The van der Waals surface area contributed by atoms with E-state index < -0.39 is 179 Å². The standard InChI is InChI=1S/C70H100N18O16S2/c1-34(72)54(75)67(101)81-49(28-40-18-22-43(91)23-19-40)63(97)85-55(35(2)73)68(102)82-50(29-41-20-24-44(92)25-21-41)64(98)86-56(36(3)74)69(103)83-52(32-105)65(99)79-48(27-39-13-7-6-8-14-39)61(95)80-51(30-42-31-77-46-16-10-9-15-45(42)46)62(96)78-47(17-11-12-26-71)60(94)88-58(38(5)90)70(104)84-53(33-106)66(100)87-57(37(4)89)59(76)93/h6-10,13-16,18-25,31,34-38,47-58,77,89-92,105-106H,11-12,17,26-30,32-33,71-75H2,1-5H3,(H2,76,93)(H,78,96)(H,79,99)(H,80,95)(H,81,101)(H,82,102)(H,83,103)(H,84,104)(H,85,97)(H,86,98)(H,87,100)(H,88,94)/t34?,35?,36?,37-,38-,47+,48+,49+,50+,51-,52+,53+,54+,55+,56+,57+,58+/m1/s1. The molecule has 0 saturated heterocycles. The van der Waals surface area contributed by atoms with Crippen molar-refractivity contribution in [3.05, 3.63) is 132 Å². The SMILES string of the molecule is CC(N)[C@H](N)C(=O)N[C@@H](Cc1ccc(O)cc1)C(=O)N[C@H](C(=O)N[C@@H](Cc1ccc(O)cc1)C(=O)N[C@H](C(=O)N[C@@H](CS)C(=O)N[C@@H](Cc1ccccc1)C(=O)N[C@H](Cc1c[nH]c2ccccc12)C(=O)N[C@@H](CCCCN)C(=O)N[C@H](C(=O)N[C@@H](CS)C(=O)N[C@H](C(N)=O)[C@@H](C)O)[C@@H](C)O)C(C)N)C(C)N. The Morgan fingerprint density at radius 3 is 1.18 bits per heavy atom. The number of H-pyrrole nitrogens is 1. The molecule has 0 saturated carbocycles. The van der Waals surface area contributed by atoms with E-state index in [0.29, 0.717) is 39.6 Å². The van der Waals surface area contributed by atoms with E-state index in [-0.39, 0.29) is 62.3 Å². The summed E-state index contributed by atoms with van der Waals surface area (Å²) >= 11 is 8.51. The molecular formula is C70H100N18O16S2. The minimum atomic E-state index is -1.78. The molecule has 4 aromatic carbocycles. The van der Waals surface area contributed by atoms with Crippen molar-refractivity contribution in [3.8, 4) is 11.5 Å². The maximum absolute atomic E-state index is 15.0. The molecule has 0 bridgehead atoms. The molecule has 5 rings (SSSR count). The summed E-state index contributed by atoms with van der Waals surface area (Å²) in [5, 5.41) is 69.5. The third-order valence-corrected chi connectivity index (χ3v) is 17.8. The number of hydrogen-bond acceptors (Lipinski definition) is 23. The fourth-order valence-electron chi connectivity index (χ4n) is 10.9. The van der Waals surface area contributed by atoms with Crippen LogP contribution in [0, 0.1) is 0 Å². The molecule has 578 valence electrons. The summed E-state index contributed by atoms with van der Waals surface area (Å²) < 4.78 is 0. The largest absolute Gasteiger partial charge is 0.508 e. The number of thiol groups is 2. The van der Waals surface area contributed by atoms with Crippen LogP contribution < -0.4 is 92.9 Å². The summed E-state index contributed by atoms with van der Waals surface area (Å²) in [6, 6.07) is 5.01. The molecule has 1 heterocycles. The number of carbonyl (C=O) groups excluding carboxylic acids is 12. The second kappa shape index (κ2) is 42.3. The number of primary amides is 1. The lowest BCUT2D eigenvalue weighted by atomic mass is 10.0. The van der Waals surface area contributed by atoms with Gasteiger partial charge in [-0.15, -0.1) is 0 Å². The number of aliphatic hydroxyl groups excluding tert-OH is 2. The van der Waals surface area contributed by atoms with Gasteiger partial charge in [0.1, 0.15) is 78.0 Å². The summed E-state index contributed by atoms with van der Waals surface area (Å²) in [6.07, 6.45) is -1.87. The number of aromatic nitrogens is 1. The first-order chi connectivity index (χ1) is 50.2. The highest BCUT2D eigenvalue weighted by atomic mass is 32.1. The second-order valence-corrected chi connectivity index (χ2v) is 26.7. The zero-order chi connectivity index (χ0) is 78.6. The highest BCUT2D eigenvalue weighted by Gasteiger charge is 2.39. The number of carbonyl (C=O) groups is 12. The van der Waals surface area contributed by atoms with Crippen molar-refractivity contribution in [2.24, 2.45) is 34.4 Å². The summed E-state index contributed by atoms with van der Waals surface area (Å²) in [6.45, 7) is 6.78. The van der Waals surface area contributed by atoms with E-state index in [0.717, 1.165) is 0 Å². The van der Waals surface area contributed by atoms with Crippen molar-refractivity contribution in [1.29, 1.82) is 0 Å². The Balaban J connectivity index is 1.41. The number of nitrogens with two attached hydrogens (primary N) is 6. The van der Waals surface area contributed by atoms with Gasteiger partial charge in [0.25, 0.3) is 0 Å². The van der Waals surface area contributed by atoms with Gasteiger partial charge in [0.05, 0.1) is 18.2 Å². The molecule has 28 N–H and O–H groups in total. The number of para-hydroxylation sites is 1. The van der Waals surface area contributed by atoms with Crippen molar-refractivity contribution < 1.29 is 78.0 Å². The topological polar surface area (TPSA) is 590 Å². The first-order valence-electron chi connectivity index (χ1n) is 34.2. The van der Waals surface area contributed by atoms with Gasteiger partial charge < -0.3 is 118 Å². The van der Waals surface area contributed by atoms with Gasteiger partial charge in [-0.2, -0.15) is 25.3 Å². The Morgan fingerprint density at radius 1 is 0.396 bits per heavy atom. The molecule has 1 aromatic heterocycles. The summed E-state index contributed by atoms with van der Waals surface area (Å²) in [4.78, 5) is 172. The molecule has 0 fully saturated rings. The number of aromatic hydroxyl groups is 2. The van der Waals surface area contributed by atoms with Crippen LogP contribution >= 0.6 is 25.3 Å². The Morgan fingerprint density at radius 2 is 0.745 bits per heavy atom. The van der Waals surface area contributed by atoms with Crippen LogP contribution in [0.2, 0.25) is 0 Å². The quantitative estimate of drug-likeness (QED) is 0.0128. The molecule has 36 heteroatoms. The van der Waals surface area contributed by atoms with Crippen LogP contribution in [0.25, 0.3) is 10.9 Å². The second-order valence-electron chi connectivity index (χ2n) is 26.0. The van der Waals surface area contributed by atoms with E-state index in [9.17, 15) is 73.2 Å². The predicted molar refractivity (Wildman–Crippen MR) is 399 cm³/mol. The molecule has 0 radical (unpaired) electrons. The molecule has 5 aromatic rings. The number of hydrogen-bond donors (Lipinski definition) is 24. The summed E-state index contributed by atoms with van der Waals surface area (Å²) in [5.74, 6) is -12.8. The van der Waals surface area contributed by atoms with Crippen molar-refractivity contribution >= 4 is 107 Å². The number of fused-ring (bicyclic) bond motifs is 1. The van der Waals surface area contributed by atoms with Crippen molar-refractivity contribution in [2.75, 3.05) is 18.1 Å². The van der Waals surface area contributed by atoms with Crippen LogP contribution in [-0.2, 0) is 83.2 Å². The van der Waals surface area contributed by atoms with Crippen molar-refractivity contribution in [1.82, 2.24) is 63.5 Å². The third kappa shape index (κ3) is 26.6. The molecule has 0 aliphatic heterocycles. The average Bonchev–Trinajstić information content (AvgIpc) is 1.62. The third-order valence-electron chi connectivity index (χ3n) is 17.1. The number of rotatable bonds is 42. The van der Waals surface area contributed by atoms with Gasteiger partial charge in [-0.05, 0) is 113 Å². The van der Waals surface area contributed by atoms with Crippen molar-refractivity contribution in [2.45, 2.75) is 182 Å². The van der Waals surface area contributed by atoms with Crippen LogP contribution in [0.15, 0.2) is 109 Å². The summed E-state index contributed by atoms with van der Waals surface area (Å²) in [5.41, 5.74) is 38.3. The lowest BCUT2D eigenvalue weighted by Gasteiger charge is -2.30. The Bertz CT molecular complexity index is 3800. The average molecular weight is 1510 g/mol. The molecular weight excluding hydrogens is 1410 g/mol. The van der Waals surface area contributed by atoms with Gasteiger partial charge in [-0.1, -0.05) is 72.8 Å². The number of amides is 12. The number of aromatic amines is 1. The van der Waals surface area contributed by atoms with Gasteiger partial charge in [-0.3, -0.25) is 57.5 Å². The fraction of sp³-hybridized carbons (Fsp3) is 0.457. The van der Waals surface area contributed by atoms with Gasteiger partial charge in [-0.25, -0.2) is 0 Å². The number of phenolic OH excluding ortho intramolecular Hbond substituents is 2. The van der Waals surface area contributed by atoms with Gasteiger partial charge in [0.15, 0.2) is 0 Å². The maximum atomic E-state index is 15.0. The van der Waals surface area contributed by atoms with Crippen LogP contribution in [0.5, 0.6) is 11.5 Å². The Labute approximate surface area is 623 Å². The number of unbranched alkanes of at least 4 members (excludes halogenated alkanes) is 1. The number of phenols is 2. The van der Waals surface area contributed by atoms with E-state index in [1.165, 1.54) is 83.1 Å². The molecule has 3 unspecified atom stereocenters. The normalized spacial score (nSPS) is 16.1. The van der Waals surface area contributed by atoms with Gasteiger partial charge in [0, 0.05) is 72.4 Å². The number of aliphatic hydroxyl groups is 2. The molecule has 12 amide bonds. The molecule has 106 heavy (non-hydrogen) atoms. The molecule has 0 aliphatic carbocycles. The Kier molecular flexibility index (Phi) is 34.6. The zero-order valence-corrected chi connectivity index (χ0v) is 61.1. The number of nitrogens with one attached hydrogen (secondary N) is 12. The van der Waals surface area contributed by atoms with Crippen LogP contribution in [0.1, 0.15) is 76.1 Å². The van der Waals surface area contributed by atoms with Crippen molar-refractivity contribution in [3.63, 3.8) is 0 Å². The van der Waals surface area contributed by atoms with Crippen LogP contribution in [0.3, 0.4) is 0 Å². The van der Waals surface area contributed by atoms with Gasteiger partial charge in [0.2, 0.25) is 70.9 Å². The van der Waals surface area contributed by atoms with Crippen LogP contribution in [0.4, 0.5) is 0 Å². The maximum Gasteiger partial charge on any atom is 0.245 e. The lowest BCUT2D eigenvalue weighted by molar-refractivity contribution is -0.137. The monoisotopic (exact) mass is 1510 g/mol. The number of benzene rings is 4. The van der Waals surface area contributed by atoms with Crippen LogP contribution in [-0.4, -0.2) is 217 Å². The lowest BCUT2D eigenvalue weighted by Crippen LogP contribution is -2.65. The molecule has 0 spiro atoms. The molecule has 0 aliphatic rings. The fourth-order valence-corrected chi connectivity index (χ4v) is 11.4. The summed E-state index contributed by atoms with van der Waals surface area (Å²) in [7, 11) is 0. The first kappa shape index (κ1) is 86.7. The van der Waals surface area contributed by atoms with Gasteiger partial charge >= 0.3 is 0 Å². The highest BCUT2D eigenvalue weighted by Crippen LogP contribution is 2.21.